The first-order chi connectivity index (χ1) is 11.3. The number of hydrogen-bond donors (Lipinski definition) is 1. The van der Waals surface area contributed by atoms with Crippen LogP contribution in [0.1, 0.15) is 21.5 Å². The second-order valence-electron chi connectivity index (χ2n) is 4.67. The Kier molecular flexibility index (Phi) is 4.90. The Bertz CT molecular complexity index is 801. The van der Waals surface area contributed by atoms with E-state index in [2.05, 4.69) is 4.74 Å². The van der Waals surface area contributed by atoms with Crippen LogP contribution in [0.5, 0.6) is 5.75 Å². The fraction of sp³-hybridized carbons (Fsp3) is 0.0588. The summed E-state index contributed by atoms with van der Waals surface area (Å²) in [5.74, 6) is -1.44. The predicted molar refractivity (Wildman–Crippen MR) is 80.0 cm³/mol. The Morgan fingerprint density at radius 1 is 1.04 bits per heavy atom. The molecule has 0 saturated carbocycles. The summed E-state index contributed by atoms with van der Waals surface area (Å²) in [6.07, 6.45) is -3.27. The van der Waals surface area contributed by atoms with Crippen LogP contribution >= 0.6 is 0 Å². The standard InChI is InChI=1S/C17H10F3NO3/c18-17(19,20)24-15-7-5-12(6-8-15)14(10-21)9-11-1-3-13(4-2-11)16(22)23/h1-9H,(H,22,23). The zero-order valence-corrected chi connectivity index (χ0v) is 12.0. The quantitative estimate of drug-likeness (QED) is 0.667. The lowest BCUT2D eigenvalue weighted by molar-refractivity contribution is -0.274. The van der Waals surface area contributed by atoms with Crippen molar-refractivity contribution in [1.29, 1.82) is 5.26 Å². The number of allylic oxidation sites excluding steroid dienone is 1. The van der Waals surface area contributed by atoms with Gasteiger partial charge in [0, 0.05) is 0 Å². The Morgan fingerprint density at radius 2 is 1.58 bits per heavy atom. The summed E-state index contributed by atoms with van der Waals surface area (Å²) >= 11 is 0. The lowest BCUT2D eigenvalue weighted by Crippen LogP contribution is -2.16. The van der Waals surface area contributed by atoms with E-state index in [-0.39, 0.29) is 16.9 Å². The van der Waals surface area contributed by atoms with E-state index < -0.39 is 12.3 Å². The molecule has 7 heteroatoms. The maximum atomic E-state index is 12.1. The molecule has 0 atom stereocenters. The van der Waals surface area contributed by atoms with Gasteiger partial charge < -0.3 is 9.84 Å². The van der Waals surface area contributed by atoms with E-state index in [1.54, 1.807) is 0 Å². The van der Waals surface area contributed by atoms with E-state index >= 15 is 0 Å². The van der Waals surface area contributed by atoms with Gasteiger partial charge in [0.2, 0.25) is 0 Å². The molecule has 2 rings (SSSR count). The van der Waals surface area contributed by atoms with Crippen molar-refractivity contribution in [1.82, 2.24) is 0 Å². The van der Waals surface area contributed by atoms with Gasteiger partial charge in [-0.25, -0.2) is 4.79 Å². The highest BCUT2D eigenvalue weighted by molar-refractivity contribution is 5.91. The van der Waals surface area contributed by atoms with Gasteiger partial charge in [-0.15, -0.1) is 13.2 Å². The molecule has 2 aromatic rings. The monoisotopic (exact) mass is 333 g/mol. The van der Waals surface area contributed by atoms with E-state index in [4.69, 9.17) is 5.11 Å². The molecule has 0 spiro atoms. The minimum Gasteiger partial charge on any atom is -0.478 e. The summed E-state index contributed by atoms with van der Waals surface area (Å²) in [6.45, 7) is 0. The normalized spacial score (nSPS) is 11.7. The van der Waals surface area contributed by atoms with Crippen LogP contribution in [-0.2, 0) is 0 Å². The molecule has 0 aliphatic heterocycles. The van der Waals surface area contributed by atoms with Crippen LogP contribution in [0.15, 0.2) is 48.5 Å². The zero-order valence-electron chi connectivity index (χ0n) is 12.0. The molecule has 0 radical (unpaired) electrons. The summed E-state index contributed by atoms with van der Waals surface area (Å²) in [7, 11) is 0. The number of halogens is 3. The van der Waals surface area contributed by atoms with Gasteiger partial charge in [-0.05, 0) is 53.6 Å². The SMILES string of the molecule is N#CC(=Cc1ccc(C(=O)O)cc1)c1ccc(OC(F)(F)F)cc1. The van der Waals surface area contributed by atoms with Crippen LogP contribution in [-0.4, -0.2) is 17.4 Å². The molecule has 0 saturated heterocycles. The van der Waals surface area contributed by atoms with Crippen molar-refractivity contribution in [3.63, 3.8) is 0 Å². The van der Waals surface area contributed by atoms with Crippen LogP contribution in [0, 0.1) is 11.3 Å². The van der Waals surface area contributed by atoms with Crippen LogP contribution < -0.4 is 4.74 Å². The molecule has 0 heterocycles. The van der Waals surface area contributed by atoms with Gasteiger partial charge in [-0.3, -0.25) is 0 Å². The number of benzene rings is 2. The Morgan fingerprint density at radius 3 is 2.04 bits per heavy atom. The molecule has 0 bridgehead atoms. The number of nitriles is 1. The molecule has 122 valence electrons. The minimum atomic E-state index is -4.78. The number of carboxylic acid groups (broad SMARTS) is 1. The van der Waals surface area contributed by atoms with Crippen molar-refractivity contribution in [2.45, 2.75) is 6.36 Å². The van der Waals surface area contributed by atoms with Crippen molar-refractivity contribution in [3.05, 3.63) is 65.2 Å². The molecule has 0 aliphatic rings. The number of hydrogen-bond acceptors (Lipinski definition) is 3. The first-order valence-electron chi connectivity index (χ1n) is 6.60. The summed E-state index contributed by atoms with van der Waals surface area (Å²) in [5.41, 5.74) is 1.33. The summed E-state index contributed by atoms with van der Waals surface area (Å²) < 4.78 is 40.1. The number of alkyl halides is 3. The fourth-order valence-corrected chi connectivity index (χ4v) is 1.90. The average molecular weight is 333 g/mol. The maximum absolute atomic E-state index is 12.1. The van der Waals surface area contributed by atoms with E-state index in [1.807, 2.05) is 6.07 Å². The van der Waals surface area contributed by atoms with Crippen molar-refractivity contribution in [3.8, 4) is 11.8 Å². The van der Waals surface area contributed by atoms with Gasteiger partial charge in [0.25, 0.3) is 0 Å². The van der Waals surface area contributed by atoms with Crippen molar-refractivity contribution >= 4 is 17.6 Å². The first kappa shape index (κ1) is 17.1. The number of carboxylic acids is 1. The molecular formula is C17H10F3NO3. The summed E-state index contributed by atoms with van der Waals surface area (Å²) in [5, 5.41) is 18.0. The van der Waals surface area contributed by atoms with Gasteiger partial charge in [0.05, 0.1) is 17.2 Å². The number of aromatic carboxylic acids is 1. The molecule has 0 amide bonds. The fourth-order valence-electron chi connectivity index (χ4n) is 1.90. The van der Waals surface area contributed by atoms with Gasteiger partial charge in [0.15, 0.2) is 0 Å². The summed E-state index contributed by atoms with van der Waals surface area (Å²) in [4.78, 5) is 10.8. The van der Waals surface area contributed by atoms with E-state index in [1.165, 1.54) is 42.5 Å². The Labute approximate surface area is 135 Å². The molecule has 1 N–H and O–H groups in total. The molecule has 0 aromatic heterocycles. The van der Waals surface area contributed by atoms with E-state index in [0.29, 0.717) is 11.1 Å². The third kappa shape index (κ3) is 4.61. The highest BCUT2D eigenvalue weighted by atomic mass is 19.4. The number of nitrogens with zero attached hydrogens (tertiary/aromatic N) is 1. The predicted octanol–water partition coefficient (Wildman–Crippen LogP) is 4.35. The third-order valence-corrected chi connectivity index (χ3v) is 2.99. The maximum Gasteiger partial charge on any atom is 0.573 e. The van der Waals surface area contributed by atoms with E-state index in [9.17, 15) is 23.2 Å². The minimum absolute atomic E-state index is 0.110. The summed E-state index contributed by atoms with van der Waals surface area (Å²) in [6, 6.07) is 12.7. The molecule has 2 aromatic carbocycles. The van der Waals surface area contributed by atoms with Crippen LogP contribution in [0.4, 0.5) is 13.2 Å². The van der Waals surface area contributed by atoms with Crippen molar-refractivity contribution in [2.24, 2.45) is 0 Å². The molecule has 24 heavy (non-hydrogen) atoms. The number of ether oxygens (including phenoxy) is 1. The molecule has 4 nitrogen and oxygen atoms in total. The van der Waals surface area contributed by atoms with Crippen LogP contribution in [0.2, 0.25) is 0 Å². The van der Waals surface area contributed by atoms with Gasteiger partial charge in [-0.2, -0.15) is 5.26 Å². The van der Waals surface area contributed by atoms with Crippen molar-refractivity contribution < 1.29 is 27.8 Å². The molecule has 0 fully saturated rings. The van der Waals surface area contributed by atoms with E-state index in [0.717, 1.165) is 12.1 Å². The highest BCUT2D eigenvalue weighted by Crippen LogP contribution is 2.25. The topological polar surface area (TPSA) is 70.3 Å². The smallest absolute Gasteiger partial charge is 0.478 e. The second-order valence-corrected chi connectivity index (χ2v) is 4.67. The number of rotatable bonds is 4. The third-order valence-electron chi connectivity index (χ3n) is 2.99. The average Bonchev–Trinajstić information content (AvgIpc) is 2.52. The van der Waals surface area contributed by atoms with Crippen molar-refractivity contribution in [2.75, 3.05) is 0 Å². The van der Waals surface area contributed by atoms with Gasteiger partial charge in [0.1, 0.15) is 5.75 Å². The number of carbonyl (C=O) groups is 1. The Hall–Kier alpha value is -3.27. The first-order valence-corrected chi connectivity index (χ1v) is 6.60. The highest BCUT2D eigenvalue weighted by Gasteiger charge is 2.30. The lowest BCUT2D eigenvalue weighted by Gasteiger charge is -2.09. The van der Waals surface area contributed by atoms with Gasteiger partial charge >= 0.3 is 12.3 Å². The van der Waals surface area contributed by atoms with Gasteiger partial charge in [-0.1, -0.05) is 12.1 Å². The van der Waals surface area contributed by atoms with Crippen LogP contribution in [0.25, 0.3) is 11.6 Å². The second kappa shape index (κ2) is 6.87. The largest absolute Gasteiger partial charge is 0.573 e. The molecular weight excluding hydrogens is 323 g/mol. The Balaban J connectivity index is 2.24. The molecule has 0 unspecified atom stereocenters. The lowest BCUT2D eigenvalue weighted by atomic mass is 10.0. The molecule has 0 aliphatic carbocycles. The van der Waals surface area contributed by atoms with Crippen LogP contribution in [0.3, 0.4) is 0 Å². The zero-order chi connectivity index (χ0) is 17.7.